The predicted octanol–water partition coefficient (Wildman–Crippen LogP) is 7.74. The molecule has 290 valence electrons. The van der Waals surface area contributed by atoms with E-state index >= 15 is 0 Å². The molecule has 0 aromatic heterocycles. The van der Waals surface area contributed by atoms with Crippen LogP contribution in [0.4, 0.5) is 10.5 Å². The van der Waals surface area contributed by atoms with E-state index in [1.54, 1.807) is 51.2 Å². The van der Waals surface area contributed by atoms with E-state index in [0.717, 1.165) is 38.2 Å². The number of carbonyl (C=O) groups is 4. The van der Waals surface area contributed by atoms with E-state index in [-0.39, 0.29) is 50.3 Å². The van der Waals surface area contributed by atoms with Crippen LogP contribution in [0.25, 0.3) is 21.5 Å². The molecule has 0 unspecified atom stereocenters. The minimum Gasteiger partial charge on any atom is -0.333 e. The SMILES string of the molecule is C#CCN(C(=O)NCc1ccc(Cl)c(Cl)c1)N1CC(=O)N2[C@@H](Cc3ccc(NC(=O)c4cccc5ccccc45)cc3)C(=O)N(Cc3cccc4ccccc34)C[C@@H]21. The molecule has 58 heavy (non-hydrogen) atoms. The fourth-order valence-electron chi connectivity index (χ4n) is 7.88. The van der Waals surface area contributed by atoms with Crippen LogP contribution in [0.1, 0.15) is 27.0 Å². The second-order valence-electron chi connectivity index (χ2n) is 14.3. The molecular formula is C46H38Cl2N6O4. The number of hydrazine groups is 1. The van der Waals surface area contributed by atoms with Gasteiger partial charge < -0.3 is 20.4 Å². The van der Waals surface area contributed by atoms with E-state index in [9.17, 15) is 19.2 Å². The monoisotopic (exact) mass is 808 g/mol. The largest absolute Gasteiger partial charge is 0.333 e. The average Bonchev–Trinajstić information content (AvgIpc) is 3.56. The van der Waals surface area contributed by atoms with Gasteiger partial charge in [0.15, 0.2) is 0 Å². The van der Waals surface area contributed by atoms with E-state index in [4.69, 9.17) is 29.6 Å². The van der Waals surface area contributed by atoms with Gasteiger partial charge in [0.2, 0.25) is 11.8 Å². The van der Waals surface area contributed by atoms with Crippen molar-refractivity contribution in [2.24, 2.45) is 0 Å². The summed E-state index contributed by atoms with van der Waals surface area (Å²) in [6.45, 7) is 0.307. The summed E-state index contributed by atoms with van der Waals surface area (Å²) in [7, 11) is 0. The van der Waals surface area contributed by atoms with Crippen molar-refractivity contribution in [3.05, 3.63) is 160 Å². The molecule has 5 amide bonds. The van der Waals surface area contributed by atoms with Crippen molar-refractivity contribution in [3.8, 4) is 12.3 Å². The summed E-state index contributed by atoms with van der Waals surface area (Å²) >= 11 is 12.3. The molecule has 2 fully saturated rings. The van der Waals surface area contributed by atoms with Gasteiger partial charge in [-0.2, -0.15) is 5.01 Å². The Labute approximate surface area is 345 Å². The highest BCUT2D eigenvalue weighted by Crippen LogP contribution is 2.32. The van der Waals surface area contributed by atoms with E-state index in [0.29, 0.717) is 27.8 Å². The number of benzene rings is 6. The number of anilines is 1. The zero-order chi connectivity index (χ0) is 40.3. The van der Waals surface area contributed by atoms with Crippen LogP contribution in [-0.2, 0) is 29.1 Å². The molecule has 2 atom stereocenters. The molecule has 0 radical (unpaired) electrons. The van der Waals surface area contributed by atoms with E-state index in [1.807, 2.05) is 91.0 Å². The molecule has 6 aromatic rings. The van der Waals surface area contributed by atoms with Crippen LogP contribution in [0.15, 0.2) is 127 Å². The lowest BCUT2D eigenvalue weighted by Gasteiger charge is -2.46. The van der Waals surface area contributed by atoms with Crippen molar-refractivity contribution in [2.45, 2.75) is 31.7 Å². The predicted molar refractivity (Wildman–Crippen MR) is 227 cm³/mol. The van der Waals surface area contributed by atoms with Crippen LogP contribution in [-0.4, -0.2) is 75.4 Å². The third-order valence-corrected chi connectivity index (χ3v) is 11.4. The van der Waals surface area contributed by atoms with Gasteiger partial charge in [0.25, 0.3) is 5.91 Å². The highest BCUT2D eigenvalue weighted by molar-refractivity contribution is 6.42. The third-order valence-electron chi connectivity index (χ3n) is 10.7. The van der Waals surface area contributed by atoms with Gasteiger partial charge in [-0.3, -0.25) is 14.4 Å². The molecule has 0 spiro atoms. The minimum atomic E-state index is -0.880. The van der Waals surface area contributed by atoms with Gasteiger partial charge in [-0.25, -0.2) is 9.80 Å². The lowest BCUT2D eigenvalue weighted by molar-refractivity contribution is -0.157. The Hall–Kier alpha value is -6.38. The fraction of sp³-hybridized carbons (Fsp3) is 0.174. The second kappa shape index (κ2) is 16.6. The lowest BCUT2D eigenvalue weighted by atomic mass is 9.98. The van der Waals surface area contributed by atoms with Gasteiger partial charge in [-0.05, 0) is 68.6 Å². The first-order chi connectivity index (χ1) is 28.2. The summed E-state index contributed by atoms with van der Waals surface area (Å²) in [6, 6.07) is 38.3. The average molecular weight is 810 g/mol. The Kier molecular flexibility index (Phi) is 11.0. The molecule has 0 bridgehead atoms. The minimum absolute atomic E-state index is 0.112. The number of urea groups is 1. The van der Waals surface area contributed by atoms with Gasteiger partial charge in [-0.15, -0.1) is 6.42 Å². The van der Waals surface area contributed by atoms with Crippen LogP contribution in [0.5, 0.6) is 0 Å². The Morgan fingerprint density at radius 3 is 2.21 bits per heavy atom. The number of rotatable bonds is 10. The Morgan fingerprint density at radius 1 is 0.793 bits per heavy atom. The summed E-state index contributed by atoms with van der Waals surface area (Å²) in [5, 5.41) is 13.6. The zero-order valence-corrected chi connectivity index (χ0v) is 32.8. The number of nitrogens with one attached hydrogen (secondary N) is 2. The molecule has 8 rings (SSSR count). The van der Waals surface area contributed by atoms with Gasteiger partial charge in [-0.1, -0.05) is 126 Å². The number of fused-ring (bicyclic) bond motifs is 3. The van der Waals surface area contributed by atoms with Crippen LogP contribution < -0.4 is 10.6 Å². The van der Waals surface area contributed by atoms with Crippen LogP contribution in [0.2, 0.25) is 10.0 Å². The maximum Gasteiger partial charge on any atom is 0.333 e. The summed E-state index contributed by atoms with van der Waals surface area (Å²) in [6.07, 6.45) is 5.31. The first kappa shape index (κ1) is 38.5. The standard InChI is InChI=1S/C46H38Cl2N6O4/c1-2-23-52(46(58)49-26-31-19-22-39(47)40(48)24-31)53-29-43(55)54-41(45(57)51(28-42(53)54)27-34-13-7-11-32-9-3-5-14-36(32)34)25-30-17-20-35(21-18-30)50-44(56)38-16-8-12-33-10-4-6-15-37(33)38/h1,3-22,24,41-42H,23,25-29H2,(H,49,58)(H,50,56)/t41-,42+/m0/s1. The Balaban J connectivity index is 1.06. The molecule has 2 N–H and O–H groups in total. The van der Waals surface area contributed by atoms with E-state index < -0.39 is 18.2 Å². The molecular weight excluding hydrogens is 771 g/mol. The number of halogens is 2. The van der Waals surface area contributed by atoms with Crippen LogP contribution in [0, 0.1) is 12.3 Å². The molecule has 2 heterocycles. The number of hydrogen-bond donors (Lipinski definition) is 2. The van der Waals surface area contributed by atoms with Gasteiger partial charge >= 0.3 is 6.03 Å². The van der Waals surface area contributed by atoms with E-state index in [2.05, 4.69) is 16.6 Å². The van der Waals surface area contributed by atoms with Crippen molar-refractivity contribution in [3.63, 3.8) is 0 Å². The topological polar surface area (TPSA) is 105 Å². The first-order valence-electron chi connectivity index (χ1n) is 18.8. The molecule has 12 heteroatoms. The number of carbonyl (C=O) groups excluding carboxylic acids is 4. The molecule has 6 aromatic carbocycles. The lowest BCUT2D eigenvalue weighted by Crippen LogP contribution is -2.66. The Bertz CT molecular complexity index is 2600. The summed E-state index contributed by atoms with van der Waals surface area (Å²) in [5.74, 6) is 1.82. The van der Waals surface area contributed by atoms with Crippen molar-refractivity contribution in [1.82, 2.24) is 25.1 Å². The van der Waals surface area contributed by atoms with Gasteiger partial charge in [0.05, 0.1) is 29.7 Å². The maximum atomic E-state index is 14.6. The highest BCUT2D eigenvalue weighted by Gasteiger charge is 2.52. The smallest absolute Gasteiger partial charge is 0.333 e. The fourth-order valence-corrected chi connectivity index (χ4v) is 8.20. The van der Waals surface area contributed by atoms with Crippen molar-refractivity contribution in [1.29, 1.82) is 0 Å². The molecule has 2 saturated heterocycles. The molecule has 2 aliphatic rings. The van der Waals surface area contributed by atoms with E-state index in [1.165, 1.54) is 5.01 Å². The number of piperazine rings is 1. The first-order valence-corrected chi connectivity index (χ1v) is 19.6. The molecule has 10 nitrogen and oxygen atoms in total. The second-order valence-corrected chi connectivity index (χ2v) is 15.1. The summed E-state index contributed by atoms with van der Waals surface area (Å²) in [4.78, 5) is 59.1. The number of nitrogens with zero attached hydrogens (tertiary/aromatic N) is 4. The number of amides is 5. The summed E-state index contributed by atoms with van der Waals surface area (Å²) < 4.78 is 0. The zero-order valence-electron chi connectivity index (χ0n) is 31.3. The van der Waals surface area contributed by atoms with Crippen molar-refractivity contribution >= 4 is 74.2 Å². The number of terminal acetylenes is 1. The Morgan fingerprint density at radius 2 is 1.47 bits per heavy atom. The van der Waals surface area contributed by atoms with Crippen LogP contribution in [0.3, 0.4) is 0 Å². The molecule has 0 aliphatic carbocycles. The molecule has 2 aliphatic heterocycles. The van der Waals surface area contributed by atoms with Gasteiger partial charge in [0, 0.05) is 30.8 Å². The normalized spacial score (nSPS) is 16.6. The van der Waals surface area contributed by atoms with Crippen molar-refractivity contribution < 1.29 is 19.2 Å². The third kappa shape index (κ3) is 7.80. The molecule has 0 saturated carbocycles. The maximum absolute atomic E-state index is 14.6. The van der Waals surface area contributed by atoms with Crippen LogP contribution >= 0.6 is 23.2 Å². The number of hydrogen-bond acceptors (Lipinski definition) is 5. The van der Waals surface area contributed by atoms with Gasteiger partial charge in [0.1, 0.15) is 12.2 Å². The highest BCUT2D eigenvalue weighted by atomic mass is 35.5. The summed E-state index contributed by atoms with van der Waals surface area (Å²) in [5.41, 5.74) is 3.63. The van der Waals surface area contributed by atoms with Crippen molar-refractivity contribution in [2.75, 3.05) is 25.0 Å². The quantitative estimate of drug-likeness (QED) is 0.138.